The maximum Gasteiger partial charge on any atom is 0.305 e. The Labute approximate surface area is 208 Å². The summed E-state index contributed by atoms with van der Waals surface area (Å²) in [4.78, 5) is 46.5. The minimum atomic E-state index is -1.17. The fourth-order valence-corrected chi connectivity index (χ4v) is 4.51. The van der Waals surface area contributed by atoms with Crippen LogP contribution >= 0.6 is 24.8 Å². The van der Waals surface area contributed by atoms with E-state index < -0.39 is 24.3 Å². The summed E-state index contributed by atoms with van der Waals surface area (Å²) in [5.41, 5.74) is 0. The van der Waals surface area contributed by atoms with Gasteiger partial charge in [-0.25, -0.2) is 0 Å². The van der Waals surface area contributed by atoms with Gasteiger partial charge in [0.1, 0.15) is 6.29 Å². The van der Waals surface area contributed by atoms with Gasteiger partial charge in [0.2, 0.25) is 11.8 Å². The minimum Gasteiger partial charge on any atom is -0.481 e. The van der Waals surface area contributed by atoms with Crippen LogP contribution in [0.15, 0.2) is 0 Å². The van der Waals surface area contributed by atoms with E-state index in [-0.39, 0.29) is 43.2 Å². The number of halogens is 2. The van der Waals surface area contributed by atoms with E-state index >= 15 is 0 Å². The molecule has 2 fully saturated rings. The molecule has 0 bridgehead atoms. The zero-order valence-electron chi connectivity index (χ0n) is 19.2. The smallest absolute Gasteiger partial charge is 0.305 e. The van der Waals surface area contributed by atoms with Crippen molar-refractivity contribution < 1.29 is 24.3 Å². The van der Waals surface area contributed by atoms with Crippen LogP contribution in [0.5, 0.6) is 0 Å². The number of amides is 2. The average molecular weight is 511 g/mol. The molecule has 1 atom stereocenters. The van der Waals surface area contributed by atoms with E-state index in [4.69, 9.17) is 5.11 Å². The summed E-state index contributed by atoms with van der Waals surface area (Å²) in [6, 6.07) is -1.09. The molecule has 2 rings (SSSR count). The maximum absolute atomic E-state index is 12.8. The third kappa shape index (κ3) is 13.2. The van der Waals surface area contributed by atoms with Crippen LogP contribution < -0.4 is 21.3 Å². The molecule has 5 N–H and O–H groups in total. The summed E-state index contributed by atoms with van der Waals surface area (Å²) in [6.07, 6.45) is 8.16. The summed E-state index contributed by atoms with van der Waals surface area (Å²) in [6.45, 7) is 3.88. The number of carbonyl (C=O) groups excluding carboxylic acids is 3. The highest BCUT2D eigenvalue weighted by Gasteiger charge is 2.24. The highest BCUT2D eigenvalue weighted by atomic mass is 35.5. The first-order chi connectivity index (χ1) is 15.0. The molecule has 0 saturated carbocycles. The van der Waals surface area contributed by atoms with Crippen molar-refractivity contribution in [3.63, 3.8) is 0 Å². The van der Waals surface area contributed by atoms with E-state index in [2.05, 4.69) is 21.3 Å². The molecular weight excluding hydrogens is 471 g/mol. The Morgan fingerprint density at radius 1 is 0.909 bits per heavy atom. The molecule has 2 aliphatic rings. The fourth-order valence-electron chi connectivity index (χ4n) is 4.51. The summed E-state index contributed by atoms with van der Waals surface area (Å²) in [5, 5.41) is 20.5. The van der Waals surface area contributed by atoms with Crippen LogP contribution in [0.4, 0.5) is 0 Å². The van der Waals surface area contributed by atoms with Gasteiger partial charge >= 0.3 is 5.97 Å². The van der Waals surface area contributed by atoms with Crippen molar-refractivity contribution in [3.8, 4) is 0 Å². The number of hydrogen-bond donors (Lipinski definition) is 5. The Morgan fingerprint density at radius 2 is 1.39 bits per heavy atom. The molecule has 0 radical (unpaired) electrons. The molecule has 0 spiro atoms. The number of carboxylic acids is 1. The number of piperidine rings is 2. The fraction of sp³-hybridized carbons (Fsp3) is 0.818. The second-order valence-corrected chi connectivity index (χ2v) is 8.86. The molecule has 0 aromatic carbocycles. The predicted molar refractivity (Wildman–Crippen MR) is 131 cm³/mol. The van der Waals surface area contributed by atoms with Gasteiger partial charge < -0.3 is 31.2 Å². The third-order valence-corrected chi connectivity index (χ3v) is 6.46. The normalized spacial score (nSPS) is 17.8. The van der Waals surface area contributed by atoms with Crippen molar-refractivity contribution in [1.82, 2.24) is 21.3 Å². The number of aldehydes is 1. The summed E-state index contributed by atoms with van der Waals surface area (Å²) < 4.78 is 0. The molecule has 2 heterocycles. The van der Waals surface area contributed by atoms with Crippen molar-refractivity contribution in [2.24, 2.45) is 17.8 Å². The van der Waals surface area contributed by atoms with E-state index in [1.54, 1.807) is 0 Å². The Balaban J connectivity index is 0.00000512. The highest BCUT2D eigenvalue weighted by molar-refractivity contribution is 5.88. The van der Waals surface area contributed by atoms with Gasteiger partial charge in [0, 0.05) is 5.92 Å². The first-order valence-electron chi connectivity index (χ1n) is 11.6. The standard InChI is InChI=1S/C22H38N4O5.2ClH/c27-15-19(13-21(29)30)26-20(28)14-25-22(31)18(3-1-16-5-9-23-10-6-16)4-2-17-7-11-24-12-8-17;;/h15-19,23-24H,1-14H2,(H,25,31)(H,26,28)(H,29,30);2*1H. The summed E-state index contributed by atoms with van der Waals surface area (Å²) in [7, 11) is 0. The lowest BCUT2D eigenvalue weighted by Gasteiger charge is -2.27. The topological polar surface area (TPSA) is 137 Å². The first-order valence-corrected chi connectivity index (χ1v) is 11.6. The summed E-state index contributed by atoms with van der Waals surface area (Å²) in [5.74, 6) is -0.692. The van der Waals surface area contributed by atoms with Gasteiger partial charge in [0.25, 0.3) is 0 Å². The molecule has 0 aromatic heterocycles. The lowest BCUT2D eigenvalue weighted by molar-refractivity contribution is -0.139. The van der Waals surface area contributed by atoms with Crippen molar-refractivity contribution >= 4 is 48.9 Å². The summed E-state index contributed by atoms with van der Waals surface area (Å²) >= 11 is 0. The molecule has 1 unspecified atom stereocenters. The molecule has 9 nitrogen and oxygen atoms in total. The van der Waals surface area contributed by atoms with Crippen LogP contribution in [-0.2, 0) is 19.2 Å². The molecule has 0 aromatic rings. The molecular formula is C22H40Cl2N4O5. The van der Waals surface area contributed by atoms with Crippen molar-refractivity contribution in [2.75, 3.05) is 32.7 Å². The Bertz CT molecular complexity index is 577. The van der Waals surface area contributed by atoms with E-state index in [1.165, 1.54) is 0 Å². The monoisotopic (exact) mass is 510 g/mol. The molecule has 0 aliphatic carbocycles. The lowest BCUT2D eigenvalue weighted by Crippen LogP contribution is -2.44. The number of carboxylic acid groups (broad SMARTS) is 1. The van der Waals surface area contributed by atoms with Crippen LogP contribution in [0.25, 0.3) is 0 Å². The van der Waals surface area contributed by atoms with Gasteiger partial charge in [0.15, 0.2) is 0 Å². The Kier molecular flexibility index (Phi) is 17.2. The van der Waals surface area contributed by atoms with E-state index in [1.807, 2.05) is 0 Å². The zero-order chi connectivity index (χ0) is 22.5. The number of carbonyl (C=O) groups is 4. The van der Waals surface area contributed by atoms with Crippen molar-refractivity contribution in [3.05, 3.63) is 0 Å². The van der Waals surface area contributed by atoms with Crippen LogP contribution in [0.1, 0.15) is 57.8 Å². The number of aliphatic carboxylic acids is 1. The SMILES string of the molecule is Cl.Cl.O=CC(CC(=O)O)NC(=O)CNC(=O)C(CCC1CCNCC1)CCC1CCNCC1. The van der Waals surface area contributed by atoms with Gasteiger partial charge in [-0.2, -0.15) is 0 Å². The van der Waals surface area contributed by atoms with E-state index in [0.29, 0.717) is 18.1 Å². The number of hydrogen-bond acceptors (Lipinski definition) is 6. The largest absolute Gasteiger partial charge is 0.481 e. The van der Waals surface area contributed by atoms with Gasteiger partial charge in [-0.05, 0) is 89.4 Å². The Hall–Kier alpha value is -1.42. The van der Waals surface area contributed by atoms with Crippen LogP contribution in [-0.4, -0.2) is 67.9 Å². The van der Waals surface area contributed by atoms with Gasteiger partial charge in [-0.3, -0.25) is 14.4 Å². The molecule has 2 saturated heterocycles. The molecule has 2 amide bonds. The highest BCUT2D eigenvalue weighted by Crippen LogP contribution is 2.26. The van der Waals surface area contributed by atoms with Crippen molar-refractivity contribution in [2.45, 2.75) is 63.8 Å². The average Bonchev–Trinajstić information content (AvgIpc) is 2.78. The zero-order valence-corrected chi connectivity index (χ0v) is 20.8. The van der Waals surface area contributed by atoms with Crippen LogP contribution in [0, 0.1) is 17.8 Å². The van der Waals surface area contributed by atoms with Gasteiger partial charge in [-0.1, -0.05) is 0 Å². The third-order valence-electron chi connectivity index (χ3n) is 6.46. The number of rotatable bonds is 13. The predicted octanol–water partition coefficient (Wildman–Crippen LogP) is 1.28. The number of nitrogens with one attached hydrogen (secondary N) is 4. The van der Waals surface area contributed by atoms with Gasteiger partial charge in [-0.15, -0.1) is 24.8 Å². The van der Waals surface area contributed by atoms with E-state index in [9.17, 15) is 19.2 Å². The maximum atomic E-state index is 12.8. The van der Waals surface area contributed by atoms with E-state index in [0.717, 1.165) is 77.5 Å². The van der Waals surface area contributed by atoms with Crippen LogP contribution in [0.2, 0.25) is 0 Å². The lowest BCUT2D eigenvalue weighted by atomic mass is 9.84. The minimum absolute atomic E-state index is 0. The molecule has 192 valence electrons. The second kappa shape index (κ2) is 18.0. The quantitative estimate of drug-likeness (QED) is 0.235. The first kappa shape index (κ1) is 31.6. The van der Waals surface area contributed by atoms with Gasteiger partial charge in [0.05, 0.1) is 19.0 Å². The molecule has 33 heavy (non-hydrogen) atoms. The second-order valence-electron chi connectivity index (χ2n) is 8.86. The molecule has 2 aliphatic heterocycles. The molecule has 11 heteroatoms. The van der Waals surface area contributed by atoms with Crippen molar-refractivity contribution in [1.29, 1.82) is 0 Å². The Morgan fingerprint density at radius 3 is 1.82 bits per heavy atom. The van der Waals surface area contributed by atoms with Crippen LogP contribution in [0.3, 0.4) is 0 Å².